The van der Waals surface area contributed by atoms with Crippen molar-refractivity contribution in [1.29, 1.82) is 0 Å². The standard InChI is InChI=1S/C21H23N5O2/c1-21-5-4-14(25-21)8-16(10-21)28-20-12-23-18(11-24-20)17-3-2-15(9-19(17)27)26-7-6-22-13-26/h2-3,6-7,9,11-14,16,25,27H,4-5,8,10H2,1H3/t14?,16-,21+/m0/s1. The molecular weight excluding hydrogens is 354 g/mol. The Morgan fingerprint density at radius 3 is 2.93 bits per heavy atom. The highest BCUT2D eigenvalue weighted by molar-refractivity contribution is 5.68. The van der Waals surface area contributed by atoms with Gasteiger partial charge in [0.15, 0.2) is 0 Å². The molecule has 4 heterocycles. The largest absolute Gasteiger partial charge is 0.507 e. The molecule has 0 amide bonds. The first-order valence-electron chi connectivity index (χ1n) is 9.66. The maximum atomic E-state index is 10.4. The summed E-state index contributed by atoms with van der Waals surface area (Å²) < 4.78 is 7.94. The molecule has 2 aliphatic heterocycles. The van der Waals surface area contributed by atoms with Gasteiger partial charge in [-0.1, -0.05) is 0 Å². The minimum atomic E-state index is 0.150. The Bertz CT molecular complexity index is 973. The monoisotopic (exact) mass is 377 g/mol. The predicted octanol–water partition coefficient (Wildman–Crippen LogP) is 3.09. The topological polar surface area (TPSA) is 85.1 Å². The molecule has 2 aromatic heterocycles. The second kappa shape index (κ2) is 6.60. The summed E-state index contributed by atoms with van der Waals surface area (Å²) in [6, 6.07) is 5.98. The van der Waals surface area contributed by atoms with Crippen molar-refractivity contribution in [1.82, 2.24) is 24.8 Å². The zero-order valence-electron chi connectivity index (χ0n) is 15.7. The lowest BCUT2D eigenvalue weighted by Gasteiger charge is -2.36. The molecule has 0 saturated carbocycles. The van der Waals surface area contributed by atoms with Crippen molar-refractivity contribution in [2.24, 2.45) is 0 Å². The molecule has 144 valence electrons. The van der Waals surface area contributed by atoms with Crippen LogP contribution in [0.3, 0.4) is 0 Å². The maximum absolute atomic E-state index is 10.4. The van der Waals surface area contributed by atoms with Gasteiger partial charge in [0.05, 0.1) is 30.1 Å². The molecular formula is C21H23N5O2. The Morgan fingerprint density at radius 2 is 2.21 bits per heavy atom. The Labute approximate surface area is 163 Å². The molecule has 2 bridgehead atoms. The summed E-state index contributed by atoms with van der Waals surface area (Å²) >= 11 is 0. The molecule has 3 aromatic rings. The van der Waals surface area contributed by atoms with Crippen LogP contribution in [0.4, 0.5) is 0 Å². The number of nitrogens with one attached hydrogen (secondary N) is 1. The number of hydrogen-bond donors (Lipinski definition) is 2. The minimum absolute atomic E-state index is 0.150. The molecule has 0 aliphatic carbocycles. The van der Waals surface area contributed by atoms with Crippen LogP contribution in [-0.4, -0.2) is 42.3 Å². The van der Waals surface area contributed by atoms with Crippen LogP contribution >= 0.6 is 0 Å². The van der Waals surface area contributed by atoms with Crippen molar-refractivity contribution in [3.05, 3.63) is 49.3 Å². The van der Waals surface area contributed by atoms with Crippen LogP contribution in [-0.2, 0) is 0 Å². The number of ether oxygens (including phenoxy) is 1. The quantitative estimate of drug-likeness (QED) is 0.727. The van der Waals surface area contributed by atoms with Gasteiger partial charge in [-0.3, -0.25) is 0 Å². The smallest absolute Gasteiger partial charge is 0.232 e. The van der Waals surface area contributed by atoms with E-state index < -0.39 is 0 Å². The summed E-state index contributed by atoms with van der Waals surface area (Å²) in [6.07, 6.45) is 13.1. The van der Waals surface area contributed by atoms with E-state index in [0.29, 0.717) is 23.2 Å². The number of phenols is 1. The fourth-order valence-electron chi connectivity index (χ4n) is 4.46. The zero-order chi connectivity index (χ0) is 19.1. The van der Waals surface area contributed by atoms with E-state index >= 15 is 0 Å². The van der Waals surface area contributed by atoms with Crippen LogP contribution in [0.15, 0.2) is 49.3 Å². The maximum Gasteiger partial charge on any atom is 0.232 e. The van der Waals surface area contributed by atoms with Crippen molar-refractivity contribution in [3.63, 3.8) is 0 Å². The second-order valence-electron chi connectivity index (χ2n) is 8.03. The van der Waals surface area contributed by atoms with Gasteiger partial charge in [-0.05, 0) is 38.3 Å². The molecule has 7 nitrogen and oxygen atoms in total. The fourth-order valence-corrected chi connectivity index (χ4v) is 4.46. The van der Waals surface area contributed by atoms with E-state index in [1.165, 1.54) is 12.8 Å². The van der Waals surface area contributed by atoms with Gasteiger partial charge >= 0.3 is 0 Å². The van der Waals surface area contributed by atoms with E-state index in [-0.39, 0.29) is 17.4 Å². The number of nitrogens with zero attached hydrogens (tertiary/aromatic N) is 4. The number of aromatic nitrogens is 4. The third kappa shape index (κ3) is 3.22. The highest BCUT2D eigenvalue weighted by Crippen LogP contribution is 2.37. The van der Waals surface area contributed by atoms with Crippen molar-refractivity contribution >= 4 is 0 Å². The molecule has 2 aliphatic rings. The highest BCUT2D eigenvalue weighted by atomic mass is 16.5. The minimum Gasteiger partial charge on any atom is -0.507 e. The SMILES string of the molecule is C[C@@]12CCC(C[C@H](Oc3cnc(-c4ccc(-n5ccnc5)cc4O)cn3)C1)N2. The van der Waals surface area contributed by atoms with Crippen molar-refractivity contribution in [3.8, 4) is 28.6 Å². The third-order valence-corrected chi connectivity index (χ3v) is 5.80. The van der Waals surface area contributed by atoms with E-state index in [1.54, 1.807) is 31.0 Å². The van der Waals surface area contributed by atoms with Gasteiger partial charge in [-0.25, -0.2) is 15.0 Å². The summed E-state index contributed by atoms with van der Waals surface area (Å²) in [4.78, 5) is 12.9. The number of aromatic hydroxyl groups is 1. The molecule has 2 N–H and O–H groups in total. The average molecular weight is 377 g/mol. The van der Waals surface area contributed by atoms with E-state index in [0.717, 1.165) is 18.5 Å². The van der Waals surface area contributed by atoms with E-state index in [2.05, 4.69) is 27.2 Å². The Hall–Kier alpha value is -2.93. The number of rotatable bonds is 4. The number of piperidine rings is 1. The lowest BCUT2D eigenvalue weighted by Crippen LogP contribution is -2.50. The molecule has 0 radical (unpaired) electrons. The molecule has 2 saturated heterocycles. The van der Waals surface area contributed by atoms with Gasteiger partial charge in [-0.2, -0.15) is 0 Å². The lowest BCUT2D eigenvalue weighted by molar-refractivity contribution is 0.103. The number of fused-ring (bicyclic) bond motifs is 2. The van der Waals surface area contributed by atoms with Crippen LogP contribution < -0.4 is 10.1 Å². The highest BCUT2D eigenvalue weighted by Gasteiger charge is 2.42. The first-order valence-corrected chi connectivity index (χ1v) is 9.66. The molecule has 28 heavy (non-hydrogen) atoms. The van der Waals surface area contributed by atoms with Crippen molar-refractivity contribution < 1.29 is 9.84 Å². The number of benzene rings is 1. The van der Waals surface area contributed by atoms with Crippen molar-refractivity contribution in [2.45, 2.75) is 50.3 Å². The first kappa shape index (κ1) is 17.2. The van der Waals surface area contributed by atoms with Crippen LogP contribution in [0, 0.1) is 0 Å². The fraction of sp³-hybridized carbons (Fsp3) is 0.381. The molecule has 1 aromatic carbocycles. The Kier molecular flexibility index (Phi) is 4.05. The summed E-state index contributed by atoms with van der Waals surface area (Å²) in [7, 11) is 0. The molecule has 1 unspecified atom stereocenters. The van der Waals surface area contributed by atoms with Crippen molar-refractivity contribution in [2.75, 3.05) is 0 Å². The van der Waals surface area contributed by atoms with Gasteiger partial charge in [0, 0.05) is 42.0 Å². The van der Waals surface area contributed by atoms with E-state index in [4.69, 9.17) is 4.74 Å². The average Bonchev–Trinajstić information content (AvgIpc) is 3.30. The van der Waals surface area contributed by atoms with Crippen LogP contribution in [0.2, 0.25) is 0 Å². The first-order chi connectivity index (χ1) is 13.6. The van der Waals surface area contributed by atoms with Crippen LogP contribution in [0.1, 0.15) is 32.6 Å². The van der Waals surface area contributed by atoms with Gasteiger partial charge in [-0.15, -0.1) is 0 Å². The molecule has 0 spiro atoms. The van der Waals surface area contributed by atoms with Gasteiger partial charge in [0.25, 0.3) is 0 Å². The van der Waals surface area contributed by atoms with E-state index in [1.807, 2.05) is 22.9 Å². The van der Waals surface area contributed by atoms with Crippen LogP contribution in [0.25, 0.3) is 16.9 Å². The third-order valence-electron chi connectivity index (χ3n) is 5.80. The summed E-state index contributed by atoms with van der Waals surface area (Å²) in [5, 5.41) is 14.1. The van der Waals surface area contributed by atoms with Gasteiger partial charge in [0.1, 0.15) is 11.9 Å². The number of phenolic OH excluding ortho intramolecular Hbond substituents is 1. The summed E-state index contributed by atoms with van der Waals surface area (Å²) in [5.41, 5.74) is 2.26. The Morgan fingerprint density at radius 1 is 1.29 bits per heavy atom. The second-order valence-corrected chi connectivity index (χ2v) is 8.03. The number of hydrogen-bond acceptors (Lipinski definition) is 6. The summed E-state index contributed by atoms with van der Waals surface area (Å²) in [6.45, 7) is 2.27. The Balaban J connectivity index is 1.31. The van der Waals surface area contributed by atoms with Crippen LogP contribution in [0.5, 0.6) is 11.6 Å². The van der Waals surface area contributed by atoms with Gasteiger partial charge in [0.2, 0.25) is 5.88 Å². The predicted molar refractivity (Wildman–Crippen MR) is 104 cm³/mol. The zero-order valence-corrected chi connectivity index (χ0v) is 15.7. The van der Waals surface area contributed by atoms with Gasteiger partial charge < -0.3 is 19.7 Å². The normalized spacial score (nSPS) is 26.3. The molecule has 2 fully saturated rings. The molecule has 7 heteroatoms. The molecule has 3 atom stereocenters. The summed E-state index contributed by atoms with van der Waals surface area (Å²) in [5.74, 6) is 0.685. The molecule has 5 rings (SSSR count). The lowest BCUT2D eigenvalue weighted by atomic mass is 9.91. The number of imidazole rings is 1. The van der Waals surface area contributed by atoms with E-state index in [9.17, 15) is 5.11 Å².